The van der Waals surface area contributed by atoms with Crippen LogP contribution in [0.3, 0.4) is 0 Å². The van der Waals surface area contributed by atoms with Crippen molar-refractivity contribution >= 4 is 28.7 Å². The van der Waals surface area contributed by atoms with E-state index in [4.69, 9.17) is 0 Å². The Balaban J connectivity index is 2.24. The molecule has 2 rings (SSSR count). The number of nitro groups is 1. The molecule has 0 heterocycles. The molecule has 1 amide bonds. The first kappa shape index (κ1) is 15.5. The van der Waals surface area contributed by atoms with Gasteiger partial charge < -0.3 is 10.2 Å². The van der Waals surface area contributed by atoms with E-state index in [1.807, 2.05) is 24.3 Å². The average molecular weight is 299 g/mol. The Morgan fingerprint density at radius 2 is 1.86 bits per heavy atom. The van der Waals surface area contributed by atoms with E-state index >= 15 is 0 Å². The molecule has 0 atom stereocenters. The zero-order valence-electron chi connectivity index (χ0n) is 12.7. The van der Waals surface area contributed by atoms with Gasteiger partial charge in [-0.15, -0.1) is 0 Å². The molecule has 114 valence electrons. The fraction of sp³-hybridized carbons (Fsp3) is 0.188. The van der Waals surface area contributed by atoms with Gasteiger partial charge in [0.1, 0.15) is 0 Å². The molecule has 0 aliphatic carbocycles. The molecule has 0 saturated heterocycles. The largest absolute Gasteiger partial charge is 0.355 e. The quantitative estimate of drug-likeness (QED) is 0.691. The van der Waals surface area contributed by atoms with Crippen LogP contribution >= 0.6 is 0 Å². The van der Waals surface area contributed by atoms with Crippen LogP contribution in [0.1, 0.15) is 12.5 Å². The number of hydrogen-bond donors (Lipinski definition) is 1. The van der Waals surface area contributed by atoms with Crippen molar-refractivity contribution in [3.05, 3.63) is 58.1 Å². The molecule has 0 aromatic heterocycles. The highest BCUT2D eigenvalue weighted by atomic mass is 16.6. The Morgan fingerprint density at radius 3 is 2.45 bits per heavy atom. The second-order valence-corrected chi connectivity index (χ2v) is 5.01. The number of carbonyl (C=O) groups excluding carboxylic acids is 1. The second kappa shape index (κ2) is 6.26. The monoisotopic (exact) mass is 299 g/mol. The van der Waals surface area contributed by atoms with Crippen molar-refractivity contribution in [3.63, 3.8) is 0 Å². The van der Waals surface area contributed by atoms with E-state index in [1.165, 1.54) is 13.0 Å². The van der Waals surface area contributed by atoms with Gasteiger partial charge in [-0.3, -0.25) is 14.9 Å². The lowest BCUT2D eigenvalue weighted by Gasteiger charge is -2.16. The summed E-state index contributed by atoms with van der Waals surface area (Å²) in [6, 6.07) is 12.3. The molecular weight excluding hydrogens is 282 g/mol. The zero-order valence-corrected chi connectivity index (χ0v) is 12.7. The number of benzene rings is 2. The summed E-state index contributed by atoms with van der Waals surface area (Å²) < 4.78 is 0. The zero-order chi connectivity index (χ0) is 16.3. The molecule has 2 aromatic rings. The Kier molecular flexibility index (Phi) is 4.41. The Bertz CT molecular complexity index is 728. The smallest absolute Gasteiger partial charge is 0.272 e. The fourth-order valence-electron chi connectivity index (χ4n) is 2.08. The van der Waals surface area contributed by atoms with Crippen LogP contribution in [-0.4, -0.2) is 17.9 Å². The van der Waals surface area contributed by atoms with Crippen LogP contribution in [0.15, 0.2) is 42.5 Å². The van der Waals surface area contributed by atoms with E-state index in [2.05, 4.69) is 5.32 Å². The van der Waals surface area contributed by atoms with Gasteiger partial charge in [-0.25, -0.2) is 0 Å². The first-order chi connectivity index (χ1) is 10.4. The Labute approximate surface area is 128 Å². The molecule has 0 aliphatic heterocycles. The standard InChI is InChI=1S/C16H17N3O3/c1-11-9-14(7-8-16(11)19(21)22)17-13-5-4-6-15(10-13)18(3)12(2)20/h4-10,17H,1-3H3. The molecule has 6 nitrogen and oxygen atoms in total. The Morgan fingerprint density at radius 1 is 1.18 bits per heavy atom. The Hall–Kier alpha value is -2.89. The highest BCUT2D eigenvalue weighted by molar-refractivity contribution is 5.91. The maximum Gasteiger partial charge on any atom is 0.272 e. The number of anilines is 3. The number of carbonyl (C=O) groups is 1. The minimum Gasteiger partial charge on any atom is -0.355 e. The molecule has 0 spiro atoms. The number of amides is 1. The summed E-state index contributed by atoms with van der Waals surface area (Å²) in [4.78, 5) is 23.4. The number of rotatable bonds is 4. The maximum atomic E-state index is 11.4. The molecule has 2 aromatic carbocycles. The van der Waals surface area contributed by atoms with Gasteiger partial charge in [0.2, 0.25) is 5.91 Å². The molecular formula is C16H17N3O3. The molecule has 6 heteroatoms. The highest BCUT2D eigenvalue weighted by Gasteiger charge is 2.10. The summed E-state index contributed by atoms with van der Waals surface area (Å²) in [6.07, 6.45) is 0. The molecule has 0 radical (unpaired) electrons. The van der Waals surface area contributed by atoms with Crippen molar-refractivity contribution in [2.45, 2.75) is 13.8 Å². The number of nitro benzene ring substituents is 1. The molecule has 22 heavy (non-hydrogen) atoms. The summed E-state index contributed by atoms with van der Waals surface area (Å²) >= 11 is 0. The van der Waals surface area contributed by atoms with Gasteiger partial charge in [0.25, 0.3) is 5.69 Å². The number of aryl methyl sites for hydroxylation is 1. The maximum absolute atomic E-state index is 11.4. The summed E-state index contributed by atoms with van der Waals surface area (Å²) in [5.74, 6) is -0.0525. The third kappa shape index (κ3) is 3.41. The van der Waals surface area contributed by atoms with Gasteiger partial charge in [-0.2, -0.15) is 0 Å². The van der Waals surface area contributed by atoms with Crippen molar-refractivity contribution in [1.29, 1.82) is 0 Å². The minimum absolute atomic E-state index is 0.0525. The van der Waals surface area contributed by atoms with Crippen molar-refractivity contribution in [1.82, 2.24) is 0 Å². The summed E-state index contributed by atoms with van der Waals surface area (Å²) in [6.45, 7) is 3.20. The van der Waals surface area contributed by atoms with Crippen LogP contribution < -0.4 is 10.2 Å². The third-order valence-electron chi connectivity index (χ3n) is 3.39. The molecule has 0 unspecified atom stereocenters. The van der Waals surface area contributed by atoms with Gasteiger partial charge in [0.15, 0.2) is 0 Å². The predicted molar refractivity (Wildman–Crippen MR) is 86.6 cm³/mol. The van der Waals surface area contributed by atoms with E-state index in [-0.39, 0.29) is 11.6 Å². The van der Waals surface area contributed by atoms with E-state index in [0.717, 1.165) is 17.1 Å². The first-order valence-corrected chi connectivity index (χ1v) is 6.75. The molecule has 0 fully saturated rings. The fourth-order valence-corrected chi connectivity index (χ4v) is 2.08. The predicted octanol–water partition coefficient (Wildman–Crippen LogP) is 3.63. The molecule has 0 aliphatic rings. The van der Waals surface area contributed by atoms with E-state index in [1.54, 1.807) is 31.0 Å². The van der Waals surface area contributed by atoms with Crippen LogP contribution in [0.4, 0.5) is 22.7 Å². The van der Waals surface area contributed by atoms with E-state index in [0.29, 0.717) is 5.56 Å². The van der Waals surface area contributed by atoms with Gasteiger partial charge >= 0.3 is 0 Å². The van der Waals surface area contributed by atoms with Crippen molar-refractivity contribution in [2.24, 2.45) is 0 Å². The van der Waals surface area contributed by atoms with Crippen LogP contribution in [0.2, 0.25) is 0 Å². The van der Waals surface area contributed by atoms with Gasteiger partial charge in [-0.1, -0.05) is 6.07 Å². The number of nitrogens with one attached hydrogen (secondary N) is 1. The molecule has 1 N–H and O–H groups in total. The van der Waals surface area contributed by atoms with Crippen LogP contribution in [-0.2, 0) is 4.79 Å². The van der Waals surface area contributed by atoms with Crippen molar-refractivity contribution in [3.8, 4) is 0 Å². The van der Waals surface area contributed by atoms with E-state index < -0.39 is 4.92 Å². The summed E-state index contributed by atoms with van der Waals surface area (Å²) in [7, 11) is 1.71. The van der Waals surface area contributed by atoms with E-state index in [9.17, 15) is 14.9 Å². The van der Waals surface area contributed by atoms with Crippen molar-refractivity contribution in [2.75, 3.05) is 17.3 Å². The second-order valence-electron chi connectivity index (χ2n) is 5.01. The van der Waals surface area contributed by atoms with Gasteiger partial charge in [0.05, 0.1) is 4.92 Å². The van der Waals surface area contributed by atoms with Gasteiger partial charge in [0, 0.05) is 42.7 Å². The van der Waals surface area contributed by atoms with Crippen molar-refractivity contribution < 1.29 is 9.72 Å². The van der Waals surface area contributed by atoms with Crippen LogP contribution in [0.5, 0.6) is 0 Å². The lowest BCUT2D eigenvalue weighted by Crippen LogP contribution is -2.22. The minimum atomic E-state index is -0.401. The lowest BCUT2D eigenvalue weighted by atomic mass is 10.1. The summed E-state index contributed by atoms with van der Waals surface area (Å²) in [5, 5.41) is 14.0. The van der Waals surface area contributed by atoms with Crippen LogP contribution in [0, 0.1) is 17.0 Å². The topological polar surface area (TPSA) is 75.5 Å². The highest BCUT2D eigenvalue weighted by Crippen LogP contribution is 2.26. The normalized spacial score (nSPS) is 10.1. The number of nitrogens with zero attached hydrogens (tertiary/aromatic N) is 2. The average Bonchev–Trinajstić information content (AvgIpc) is 2.46. The van der Waals surface area contributed by atoms with Gasteiger partial charge in [-0.05, 0) is 37.3 Å². The van der Waals surface area contributed by atoms with Crippen LogP contribution in [0.25, 0.3) is 0 Å². The lowest BCUT2D eigenvalue weighted by molar-refractivity contribution is -0.385. The third-order valence-corrected chi connectivity index (χ3v) is 3.39. The molecule has 0 bridgehead atoms. The number of hydrogen-bond acceptors (Lipinski definition) is 4. The molecule has 0 saturated carbocycles. The SMILES string of the molecule is CC(=O)N(C)c1cccc(Nc2ccc([N+](=O)[O-])c(C)c2)c1. The first-order valence-electron chi connectivity index (χ1n) is 6.75. The summed E-state index contributed by atoms with van der Waals surface area (Å²) in [5.41, 5.74) is 3.02.